The number of halogens is 3. The predicted octanol–water partition coefficient (Wildman–Crippen LogP) is 4.55. The van der Waals surface area contributed by atoms with E-state index in [1.165, 1.54) is 4.90 Å². The monoisotopic (exact) mass is 593 g/mol. The molecule has 42 heavy (non-hydrogen) atoms. The number of amides is 5. The van der Waals surface area contributed by atoms with E-state index in [9.17, 15) is 32.7 Å². The van der Waals surface area contributed by atoms with Crippen LogP contribution in [0.3, 0.4) is 0 Å². The molecular weight excluding hydrogens is 555 g/mol. The number of urea groups is 2. The van der Waals surface area contributed by atoms with E-state index in [-0.39, 0.29) is 49.2 Å². The zero-order valence-electron chi connectivity index (χ0n) is 24.3. The van der Waals surface area contributed by atoms with E-state index in [0.717, 1.165) is 24.3 Å². The molecule has 3 atom stereocenters. The minimum Gasteiger partial charge on any atom is -0.488 e. The number of anilines is 2. The Balaban J connectivity index is 1.84. The van der Waals surface area contributed by atoms with Gasteiger partial charge in [0.1, 0.15) is 11.9 Å². The molecule has 0 radical (unpaired) electrons. The minimum absolute atomic E-state index is 0.0551. The number of carbonyl (C=O) groups excluding carboxylic acids is 3. The smallest absolute Gasteiger partial charge is 0.416 e. The first-order valence-corrected chi connectivity index (χ1v) is 13.6. The average molecular weight is 594 g/mol. The molecule has 13 heteroatoms. The van der Waals surface area contributed by atoms with E-state index in [1.807, 2.05) is 20.8 Å². The fraction of sp³-hybridized carbons (Fsp3) is 0.483. The number of alkyl halides is 3. The Hall–Kier alpha value is -4.00. The molecule has 0 saturated carbocycles. The number of likely N-dealkylation sites (N-methyl/N-ethyl adjacent to an activating group) is 1. The number of carbonyl (C=O) groups is 3. The van der Waals surface area contributed by atoms with Crippen LogP contribution >= 0.6 is 0 Å². The lowest BCUT2D eigenvalue weighted by Gasteiger charge is -2.34. The van der Waals surface area contributed by atoms with Crippen molar-refractivity contribution < 1.29 is 37.4 Å². The third-order valence-electron chi connectivity index (χ3n) is 6.86. The summed E-state index contributed by atoms with van der Waals surface area (Å²) in [5, 5.41) is 17.8. The van der Waals surface area contributed by atoms with Crippen molar-refractivity contribution in [2.45, 2.75) is 58.5 Å². The van der Waals surface area contributed by atoms with E-state index < -0.39 is 29.9 Å². The van der Waals surface area contributed by atoms with Crippen molar-refractivity contribution in [3.8, 4) is 5.75 Å². The number of aliphatic hydroxyl groups excluding tert-OH is 1. The van der Waals surface area contributed by atoms with E-state index in [1.54, 1.807) is 37.1 Å². The number of hydrogen-bond donors (Lipinski definition) is 4. The van der Waals surface area contributed by atoms with Gasteiger partial charge in [0.25, 0.3) is 0 Å². The molecule has 1 heterocycles. The molecular formula is C29H38F3N5O5. The number of hydrogen-bond acceptors (Lipinski definition) is 5. The highest BCUT2D eigenvalue weighted by Gasteiger charge is 2.32. The zero-order chi connectivity index (χ0) is 31.2. The molecule has 2 aromatic carbocycles. The van der Waals surface area contributed by atoms with Crippen molar-refractivity contribution in [3.63, 3.8) is 0 Å². The van der Waals surface area contributed by atoms with Crippen LogP contribution in [0, 0.1) is 5.92 Å². The maximum atomic E-state index is 13.4. The zero-order valence-corrected chi connectivity index (χ0v) is 24.3. The fourth-order valence-electron chi connectivity index (χ4n) is 4.47. The first-order chi connectivity index (χ1) is 19.7. The van der Waals surface area contributed by atoms with Gasteiger partial charge in [-0.25, -0.2) is 9.59 Å². The normalized spacial score (nSPS) is 18.1. The number of benzene rings is 2. The van der Waals surface area contributed by atoms with Crippen molar-refractivity contribution >= 4 is 29.3 Å². The second-order valence-corrected chi connectivity index (χ2v) is 10.8. The lowest BCUT2D eigenvalue weighted by molar-refractivity contribution is -0.137. The average Bonchev–Trinajstić information content (AvgIpc) is 2.95. The van der Waals surface area contributed by atoms with Gasteiger partial charge < -0.3 is 35.6 Å². The molecule has 0 spiro atoms. The summed E-state index contributed by atoms with van der Waals surface area (Å²) < 4.78 is 44.8. The van der Waals surface area contributed by atoms with Crippen LogP contribution in [0.1, 0.15) is 38.8 Å². The van der Waals surface area contributed by atoms with Gasteiger partial charge in [0, 0.05) is 42.5 Å². The molecule has 1 aliphatic rings. The number of aliphatic hydroxyl groups is 1. The molecule has 0 fully saturated rings. The fourth-order valence-corrected chi connectivity index (χ4v) is 4.47. The summed E-state index contributed by atoms with van der Waals surface area (Å²) >= 11 is 0. The van der Waals surface area contributed by atoms with Crippen LogP contribution in [-0.2, 0) is 17.4 Å². The molecule has 5 amide bonds. The van der Waals surface area contributed by atoms with Gasteiger partial charge in [0.2, 0.25) is 5.91 Å². The van der Waals surface area contributed by atoms with Crippen LogP contribution in [0.4, 0.5) is 34.1 Å². The summed E-state index contributed by atoms with van der Waals surface area (Å²) in [6.45, 7) is 7.65. The lowest BCUT2D eigenvalue weighted by Crippen LogP contribution is -2.49. The first kappa shape index (κ1) is 32.5. The SMILES string of the molecule is CC(C)NC(=O)N(C)C[C@H]1Oc2ccc(NC(=O)Nc3ccc(C(F)(F)F)cc3)cc2CC(=O)N([C@H](C)CO)C[C@H]1C. The van der Waals surface area contributed by atoms with Crippen LogP contribution < -0.4 is 20.7 Å². The van der Waals surface area contributed by atoms with Gasteiger partial charge in [0.15, 0.2) is 0 Å². The molecule has 4 N–H and O–H groups in total. The highest BCUT2D eigenvalue weighted by molar-refractivity contribution is 6.00. The van der Waals surface area contributed by atoms with E-state index in [0.29, 0.717) is 23.5 Å². The largest absolute Gasteiger partial charge is 0.488 e. The van der Waals surface area contributed by atoms with Crippen LogP contribution in [-0.4, -0.2) is 77.8 Å². The first-order valence-electron chi connectivity index (χ1n) is 13.6. The standard InChI is InChI=1S/C29H38F3N5O5/c1-17(2)33-28(41)36(5)15-25-18(3)14-37(19(4)16-38)26(39)13-20-12-23(10-11-24(20)42-25)35-27(40)34-22-8-6-21(7-9-22)29(30,31)32/h6-12,17-19,25,38H,13-16H2,1-5H3,(H,33,41)(H2,34,35,40)/t18-,19-,25-/m1/s1. The van der Waals surface area contributed by atoms with Crippen LogP contribution in [0.15, 0.2) is 42.5 Å². The van der Waals surface area contributed by atoms with Gasteiger partial charge in [-0.05, 0) is 63.2 Å². The molecule has 1 aliphatic heterocycles. The van der Waals surface area contributed by atoms with Crippen molar-refractivity contribution in [3.05, 3.63) is 53.6 Å². The molecule has 3 rings (SSSR count). The summed E-state index contributed by atoms with van der Waals surface area (Å²) in [6, 6.07) is 7.35. The van der Waals surface area contributed by atoms with Crippen LogP contribution in [0.2, 0.25) is 0 Å². The van der Waals surface area contributed by atoms with E-state index in [4.69, 9.17) is 4.74 Å². The second-order valence-electron chi connectivity index (χ2n) is 10.8. The van der Waals surface area contributed by atoms with Crippen LogP contribution in [0.25, 0.3) is 0 Å². The maximum absolute atomic E-state index is 13.4. The highest BCUT2D eigenvalue weighted by Crippen LogP contribution is 2.31. The molecule has 2 aromatic rings. The minimum atomic E-state index is -4.49. The van der Waals surface area contributed by atoms with Gasteiger partial charge in [-0.3, -0.25) is 4.79 Å². The third kappa shape index (κ3) is 8.75. The number of nitrogens with one attached hydrogen (secondary N) is 3. The molecule has 0 bridgehead atoms. The topological polar surface area (TPSA) is 123 Å². The Bertz CT molecular complexity index is 1260. The van der Waals surface area contributed by atoms with Gasteiger partial charge in [-0.15, -0.1) is 0 Å². The third-order valence-corrected chi connectivity index (χ3v) is 6.86. The van der Waals surface area contributed by atoms with Crippen molar-refractivity contribution in [2.24, 2.45) is 5.92 Å². The van der Waals surface area contributed by atoms with Crippen molar-refractivity contribution in [1.29, 1.82) is 0 Å². The van der Waals surface area contributed by atoms with Gasteiger partial charge in [-0.2, -0.15) is 13.2 Å². The number of rotatable bonds is 7. The Kier molecular flexibility index (Phi) is 10.7. The van der Waals surface area contributed by atoms with Crippen LogP contribution in [0.5, 0.6) is 5.75 Å². The number of nitrogens with zero attached hydrogens (tertiary/aromatic N) is 2. The number of fused-ring (bicyclic) bond motifs is 1. The Morgan fingerprint density at radius 2 is 1.71 bits per heavy atom. The molecule has 0 saturated heterocycles. The molecule has 10 nitrogen and oxygen atoms in total. The highest BCUT2D eigenvalue weighted by atomic mass is 19.4. The van der Waals surface area contributed by atoms with Crippen molar-refractivity contribution in [2.75, 3.05) is 37.4 Å². The Morgan fingerprint density at radius 3 is 2.31 bits per heavy atom. The summed E-state index contributed by atoms with van der Waals surface area (Å²) in [7, 11) is 1.66. The summed E-state index contributed by atoms with van der Waals surface area (Å²) in [6.07, 6.45) is -5.07. The lowest BCUT2D eigenvalue weighted by atomic mass is 10.0. The molecule has 0 aliphatic carbocycles. The summed E-state index contributed by atoms with van der Waals surface area (Å²) in [5.41, 5.74) is 0.141. The Labute approximate surface area is 243 Å². The Morgan fingerprint density at radius 1 is 1.10 bits per heavy atom. The second kappa shape index (κ2) is 13.8. The maximum Gasteiger partial charge on any atom is 0.416 e. The van der Waals surface area contributed by atoms with E-state index >= 15 is 0 Å². The summed E-state index contributed by atoms with van der Waals surface area (Å²) in [4.78, 5) is 41.6. The molecule has 0 unspecified atom stereocenters. The molecule has 0 aromatic heterocycles. The van der Waals surface area contributed by atoms with Gasteiger partial charge in [-0.1, -0.05) is 6.92 Å². The summed E-state index contributed by atoms with van der Waals surface area (Å²) in [5.74, 6) is -0.0493. The van der Waals surface area contributed by atoms with E-state index in [2.05, 4.69) is 16.0 Å². The molecule has 230 valence electrons. The van der Waals surface area contributed by atoms with Gasteiger partial charge in [0.05, 0.1) is 31.2 Å². The predicted molar refractivity (Wildman–Crippen MR) is 152 cm³/mol. The quantitative estimate of drug-likeness (QED) is 0.375. The number of ether oxygens (including phenoxy) is 1. The van der Waals surface area contributed by atoms with Crippen molar-refractivity contribution in [1.82, 2.24) is 15.1 Å². The van der Waals surface area contributed by atoms with Gasteiger partial charge >= 0.3 is 18.2 Å².